The molecule has 5 heteroatoms. The molecule has 0 aliphatic carbocycles. The Labute approximate surface area is 283 Å². The molecule has 1 aromatic heterocycles. The molecule has 1 aliphatic rings. The van der Waals surface area contributed by atoms with Crippen molar-refractivity contribution < 1.29 is 0 Å². The highest BCUT2D eigenvalue weighted by Gasteiger charge is 2.33. The maximum atomic E-state index is 10.8. The molecule has 0 amide bonds. The monoisotopic (exact) mass is 625 g/mol. The van der Waals surface area contributed by atoms with Gasteiger partial charge in [-0.3, -0.25) is 0 Å². The first kappa shape index (κ1) is 31.0. The van der Waals surface area contributed by atoms with Gasteiger partial charge in [0.15, 0.2) is 17.5 Å². The Balaban J connectivity index is 1.47. The summed E-state index contributed by atoms with van der Waals surface area (Å²) in [5.41, 5.74) is 19.5. The molecule has 2 heterocycles. The van der Waals surface area contributed by atoms with Gasteiger partial charge in [-0.2, -0.15) is 5.26 Å². The van der Waals surface area contributed by atoms with Crippen molar-refractivity contribution in [3.05, 3.63) is 140 Å². The van der Waals surface area contributed by atoms with Crippen LogP contribution in [0.3, 0.4) is 0 Å². The van der Waals surface area contributed by atoms with Gasteiger partial charge >= 0.3 is 0 Å². The zero-order chi connectivity index (χ0) is 33.9. The van der Waals surface area contributed by atoms with Gasteiger partial charge in [0.2, 0.25) is 0 Å². The molecule has 0 fully saturated rings. The Hall–Kier alpha value is -5.60. The van der Waals surface area contributed by atoms with Gasteiger partial charge in [-0.05, 0) is 129 Å². The van der Waals surface area contributed by atoms with Crippen LogP contribution < -0.4 is 4.90 Å². The van der Waals surface area contributed by atoms with E-state index in [0.717, 1.165) is 28.8 Å². The van der Waals surface area contributed by atoms with E-state index < -0.39 is 0 Å². The maximum Gasteiger partial charge on any atom is 0.164 e. The lowest BCUT2D eigenvalue weighted by molar-refractivity contribution is 0.995. The normalized spacial score (nSPS) is 12.0. The second-order valence-electron chi connectivity index (χ2n) is 13.0. The van der Waals surface area contributed by atoms with Crippen LogP contribution in [0.1, 0.15) is 61.2 Å². The zero-order valence-corrected chi connectivity index (χ0v) is 28.9. The van der Waals surface area contributed by atoms with Crippen molar-refractivity contribution in [2.75, 3.05) is 4.90 Å². The Morgan fingerprint density at radius 2 is 0.917 bits per heavy atom. The SMILES string of the molecule is Cc1c(C)c(C)c2c(c1C)Cc1c(C)c(C)c(C)c(C)c1N2c1ccc(-c2nc(-c3ccccc3)nc(-c3ccccc3)n2)cc1C#N. The molecule has 0 radical (unpaired) electrons. The van der Waals surface area contributed by atoms with Crippen LogP contribution in [-0.4, -0.2) is 15.0 Å². The van der Waals surface area contributed by atoms with Gasteiger partial charge in [0, 0.05) is 23.1 Å². The third-order valence-electron chi connectivity index (χ3n) is 10.7. The Morgan fingerprint density at radius 1 is 0.500 bits per heavy atom. The maximum absolute atomic E-state index is 10.8. The minimum atomic E-state index is 0.530. The lowest BCUT2D eigenvalue weighted by Gasteiger charge is -2.40. The third-order valence-corrected chi connectivity index (χ3v) is 10.7. The van der Waals surface area contributed by atoms with Crippen LogP contribution in [0.5, 0.6) is 0 Å². The molecular weight excluding hydrogens is 587 g/mol. The molecule has 0 spiro atoms. The average molecular weight is 626 g/mol. The van der Waals surface area contributed by atoms with Crippen LogP contribution in [0.25, 0.3) is 34.2 Å². The lowest BCUT2D eigenvalue weighted by atomic mass is 9.80. The predicted octanol–water partition coefficient (Wildman–Crippen LogP) is 10.6. The molecular formula is C43H39N5. The highest BCUT2D eigenvalue weighted by Crippen LogP contribution is 2.52. The zero-order valence-electron chi connectivity index (χ0n) is 28.9. The van der Waals surface area contributed by atoms with Crippen LogP contribution in [-0.2, 0) is 6.42 Å². The topological polar surface area (TPSA) is 65.7 Å². The quantitative estimate of drug-likeness (QED) is 0.195. The van der Waals surface area contributed by atoms with E-state index in [4.69, 9.17) is 15.0 Å². The van der Waals surface area contributed by atoms with Gasteiger partial charge < -0.3 is 4.90 Å². The molecule has 0 N–H and O–H groups in total. The molecule has 7 rings (SSSR count). The number of rotatable bonds is 4. The fourth-order valence-electron chi connectivity index (χ4n) is 7.21. The minimum absolute atomic E-state index is 0.530. The van der Waals surface area contributed by atoms with Gasteiger partial charge in [-0.1, -0.05) is 60.7 Å². The highest BCUT2D eigenvalue weighted by atomic mass is 15.2. The molecule has 0 bridgehead atoms. The van der Waals surface area contributed by atoms with Crippen molar-refractivity contribution in [2.45, 2.75) is 61.8 Å². The summed E-state index contributed by atoms with van der Waals surface area (Å²) in [5.74, 6) is 1.71. The van der Waals surface area contributed by atoms with Gasteiger partial charge in [0.05, 0.1) is 22.6 Å². The Kier molecular flexibility index (Phi) is 7.68. The standard InChI is InChI=1S/C43H39N5/c1-24-26(3)30(7)39-36(28(24)5)22-37-29(6)25(2)27(4)31(8)40(37)48(39)38-20-19-34(21-35(38)23-44)43-46-41(32-15-11-9-12-16-32)45-42(47-43)33-17-13-10-14-18-33/h9-21H,22H2,1-8H3. The van der Waals surface area contributed by atoms with Crippen LogP contribution in [0, 0.1) is 66.7 Å². The molecule has 1 aliphatic heterocycles. The van der Waals surface area contributed by atoms with Crippen LogP contribution in [0.4, 0.5) is 17.1 Å². The second-order valence-corrected chi connectivity index (χ2v) is 13.0. The molecule has 0 saturated heterocycles. The fourth-order valence-corrected chi connectivity index (χ4v) is 7.21. The van der Waals surface area contributed by atoms with Crippen LogP contribution >= 0.6 is 0 Å². The van der Waals surface area contributed by atoms with E-state index >= 15 is 0 Å². The first-order valence-corrected chi connectivity index (χ1v) is 16.5. The van der Waals surface area contributed by atoms with E-state index in [9.17, 15) is 5.26 Å². The molecule has 5 aromatic carbocycles. The predicted molar refractivity (Wildman–Crippen MR) is 196 cm³/mol. The smallest absolute Gasteiger partial charge is 0.164 e. The van der Waals surface area contributed by atoms with Crippen LogP contribution in [0.2, 0.25) is 0 Å². The number of nitriles is 1. The summed E-state index contributed by atoms with van der Waals surface area (Å²) in [6.45, 7) is 17.8. The summed E-state index contributed by atoms with van der Waals surface area (Å²) < 4.78 is 0. The summed E-state index contributed by atoms with van der Waals surface area (Å²) in [4.78, 5) is 17.1. The molecule has 6 aromatic rings. The first-order valence-electron chi connectivity index (χ1n) is 16.5. The van der Waals surface area contributed by atoms with E-state index in [0.29, 0.717) is 23.0 Å². The Bertz CT molecular complexity index is 2170. The summed E-state index contributed by atoms with van der Waals surface area (Å²) in [5, 5.41) is 10.8. The van der Waals surface area contributed by atoms with Crippen molar-refractivity contribution in [1.29, 1.82) is 5.26 Å². The van der Waals surface area contributed by atoms with Crippen molar-refractivity contribution in [1.82, 2.24) is 15.0 Å². The van der Waals surface area contributed by atoms with Gasteiger partial charge in [0.25, 0.3) is 0 Å². The van der Waals surface area contributed by atoms with E-state index in [1.165, 1.54) is 67.0 Å². The number of hydrogen-bond donors (Lipinski definition) is 0. The molecule has 0 unspecified atom stereocenters. The largest absolute Gasteiger partial charge is 0.308 e. The fraction of sp³-hybridized carbons (Fsp3) is 0.209. The number of anilines is 3. The van der Waals surface area contributed by atoms with Crippen molar-refractivity contribution in [3.8, 4) is 40.2 Å². The van der Waals surface area contributed by atoms with Crippen molar-refractivity contribution in [2.24, 2.45) is 0 Å². The number of hydrogen-bond acceptors (Lipinski definition) is 5. The summed E-state index contributed by atoms with van der Waals surface area (Å²) >= 11 is 0. The number of nitrogens with zero attached hydrogens (tertiary/aromatic N) is 5. The number of benzene rings is 5. The molecule has 0 atom stereocenters. The van der Waals surface area contributed by atoms with E-state index in [-0.39, 0.29) is 0 Å². The van der Waals surface area contributed by atoms with Gasteiger partial charge in [-0.25, -0.2) is 15.0 Å². The molecule has 48 heavy (non-hydrogen) atoms. The van der Waals surface area contributed by atoms with Gasteiger partial charge in [-0.15, -0.1) is 0 Å². The summed E-state index contributed by atoms with van der Waals surface area (Å²) in [7, 11) is 0. The molecule has 236 valence electrons. The second kappa shape index (κ2) is 11.9. The van der Waals surface area contributed by atoms with E-state index in [1.54, 1.807) is 0 Å². The Morgan fingerprint density at radius 3 is 1.35 bits per heavy atom. The van der Waals surface area contributed by atoms with E-state index in [1.807, 2.05) is 66.7 Å². The summed E-state index contributed by atoms with van der Waals surface area (Å²) in [6.07, 6.45) is 0.873. The molecule has 5 nitrogen and oxygen atoms in total. The minimum Gasteiger partial charge on any atom is -0.308 e. The molecule has 0 saturated carbocycles. The van der Waals surface area contributed by atoms with E-state index in [2.05, 4.69) is 78.5 Å². The number of aromatic nitrogens is 3. The van der Waals surface area contributed by atoms with Crippen LogP contribution in [0.15, 0.2) is 78.9 Å². The number of fused-ring (bicyclic) bond motifs is 2. The third kappa shape index (κ3) is 4.88. The van der Waals surface area contributed by atoms with Gasteiger partial charge in [0.1, 0.15) is 6.07 Å². The van der Waals surface area contributed by atoms with Crippen molar-refractivity contribution in [3.63, 3.8) is 0 Å². The highest BCUT2D eigenvalue weighted by molar-refractivity contribution is 5.92. The first-order chi connectivity index (χ1) is 23.1. The lowest BCUT2D eigenvalue weighted by Crippen LogP contribution is -2.25. The average Bonchev–Trinajstić information content (AvgIpc) is 3.13. The summed E-state index contributed by atoms with van der Waals surface area (Å²) in [6, 6.07) is 28.6. The van der Waals surface area contributed by atoms with Crippen molar-refractivity contribution >= 4 is 17.1 Å².